The van der Waals surface area contributed by atoms with Gasteiger partial charge in [-0.25, -0.2) is 4.39 Å². The van der Waals surface area contributed by atoms with Gasteiger partial charge in [0.2, 0.25) is 0 Å². The molecule has 0 saturated carbocycles. The monoisotopic (exact) mass is 209 g/mol. The van der Waals surface area contributed by atoms with Crippen LogP contribution in [0.5, 0.6) is 0 Å². The molecule has 0 heterocycles. The van der Waals surface area contributed by atoms with Crippen LogP contribution in [0.15, 0.2) is 29.3 Å². The predicted octanol–water partition coefficient (Wildman–Crippen LogP) is 1.42. The van der Waals surface area contributed by atoms with Crippen LogP contribution in [0.4, 0.5) is 4.39 Å². The molecule has 0 aliphatic heterocycles. The molecular formula is C11H16FN3. The lowest BCUT2D eigenvalue weighted by atomic mass is 10.1. The van der Waals surface area contributed by atoms with Gasteiger partial charge in [0.05, 0.1) is 0 Å². The van der Waals surface area contributed by atoms with Crippen LogP contribution < -0.4 is 11.5 Å². The zero-order valence-corrected chi connectivity index (χ0v) is 8.62. The van der Waals surface area contributed by atoms with E-state index in [1.54, 1.807) is 12.1 Å². The molecule has 0 fully saturated rings. The third kappa shape index (κ3) is 4.44. The van der Waals surface area contributed by atoms with Crippen LogP contribution in [0.25, 0.3) is 0 Å². The van der Waals surface area contributed by atoms with Gasteiger partial charge < -0.3 is 11.5 Å². The van der Waals surface area contributed by atoms with Crippen molar-refractivity contribution in [2.75, 3.05) is 6.54 Å². The Balaban J connectivity index is 2.26. The molecule has 1 aromatic rings. The highest BCUT2D eigenvalue weighted by Crippen LogP contribution is 2.09. The van der Waals surface area contributed by atoms with Crippen LogP contribution in [-0.2, 0) is 6.42 Å². The SMILES string of the molecule is NC(N)=NCCCCc1ccccc1F. The number of benzene rings is 1. The summed E-state index contributed by atoms with van der Waals surface area (Å²) in [7, 11) is 0. The Morgan fingerprint density at radius 2 is 1.93 bits per heavy atom. The van der Waals surface area contributed by atoms with Crippen molar-refractivity contribution >= 4 is 5.96 Å². The van der Waals surface area contributed by atoms with Crippen LogP contribution in [0.3, 0.4) is 0 Å². The highest BCUT2D eigenvalue weighted by molar-refractivity contribution is 5.75. The first-order valence-corrected chi connectivity index (χ1v) is 4.99. The second-order valence-electron chi connectivity index (χ2n) is 3.36. The van der Waals surface area contributed by atoms with Gasteiger partial charge in [-0.2, -0.15) is 0 Å². The van der Waals surface area contributed by atoms with Crippen molar-refractivity contribution in [3.63, 3.8) is 0 Å². The van der Waals surface area contributed by atoms with E-state index in [2.05, 4.69) is 4.99 Å². The molecule has 0 aromatic heterocycles. The van der Waals surface area contributed by atoms with E-state index in [1.165, 1.54) is 6.07 Å². The Bertz CT molecular complexity index is 332. The minimum absolute atomic E-state index is 0.112. The van der Waals surface area contributed by atoms with Crippen LogP contribution in [-0.4, -0.2) is 12.5 Å². The second kappa shape index (κ2) is 6.01. The first kappa shape index (κ1) is 11.5. The first-order chi connectivity index (χ1) is 7.20. The molecule has 82 valence electrons. The zero-order chi connectivity index (χ0) is 11.1. The van der Waals surface area contributed by atoms with Crippen LogP contribution in [0.1, 0.15) is 18.4 Å². The largest absolute Gasteiger partial charge is 0.370 e. The van der Waals surface area contributed by atoms with Crippen LogP contribution in [0.2, 0.25) is 0 Å². The molecule has 0 bridgehead atoms. The normalized spacial score (nSPS) is 9.93. The van der Waals surface area contributed by atoms with E-state index in [1.807, 2.05) is 6.07 Å². The molecule has 4 heteroatoms. The molecule has 0 spiro atoms. The number of nitrogens with zero attached hydrogens (tertiary/aromatic N) is 1. The fourth-order valence-electron chi connectivity index (χ4n) is 1.34. The third-order valence-corrected chi connectivity index (χ3v) is 2.11. The third-order valence-electron chi connectivity index (χ3n) is 2.11. The van der Waals surface area contributed by atoms with E-state index in [-0.39, 0.29) is 11.8 Å². The summed E-state index contributed by atoms with van der Waals surface area (Å²) in [6.07, 6.45) is 2.48. The predicted molar refractivity (Wildman–Crippen MR) is 60.0 cm³/mol. The average Bonchev–Trinajstić information content (AvgIpc) is 2.20. The summed E-state index contributed by atoms with van der Waals surface area (Å²) in [5, 5.41) is 0. The van der Waals surface area contributed by atoms with Crippen molar-refractivity contribution in [3.8, 4) is 0 Å². The Morgan fingerprint density at radius 1 is 1.20 bits per heavy atom. The number of guanidine groups is 1. The zero-order valence-electron chi connectivity index (χ0n) is 8.62. The molecule has 0 saturated heterocycles. The summed E-state index contributed by atoms with van der Waals surface area (Å²) in [5.41, 5.74) is 11.1. The fourth-order valence-corrected chi connectivity index (χ4v) is 1.34. The maximum Gasteiger partial charge on any atom is 0.185 e. The molecule has 15 heavy (non-hydrogen) atoms. The van der Waals surface area contributed by atoms with E-state index < -0.39 is 0 Å². The van der Waals surface area contributed by atoms with E-state index in [0.29, 0.717) is 6.54 Å². The lowest BCUT2D eigenvalue weighted by Crippen LogP contribution is -2.22. The van der Waals surface area contributed by atoms with Crippen LogP contribution in [0, 0.1) is 5.82 Å². The van der Waals surface area contributed by atoms with Gasteiger partial charge in [0.15, 0.2) is 5.96 Å². The minimum Gasteiger partial charge on any atom is -0.370 e. The number of aliphatic imine (C=N–C) groups is 1. The van der Waals surface area contributed by atoms with Crippen molar-refractivity contribution in [1.82, 2.24) is 0 Å². The van der Waals surface area contributed by atoms with Crippen molar-refractivity contribution in [2.45, 2.75) is 19.3 Å². The number of rotatable bonds is 5. The summed E-state index contributed by atoms with van der Waals surface area (Å²) >= 11 is 0. The molecule has 1 rings (SSSR count). The highest BCUT2D eigenvalue weighted by Gasteiger charge is 1.99. The Morgan fingerprint density at radius 3 is 2.60 bits per heavy atom. The molecule has 0 amide bonds. The molecule has 0 radical (unpaired) electrons. The number of aryl methyl sites for hydroxylation is 1. The van der Waals surface area contributed by atoms with Crippen molar-refractivity contribution in [1.29, 1.82) is 0 Å². The van der Waals surface area contributed by atoms with Crippen LogP contribution >= 0.6 is 0 Å². The molecular weight excluding hydrogens is 193 g/mol. The smallest absolute Gasteiger partial charge is 0.185 e. The Hall–Kier alpha value is -1.58. The van der Waals surface area contributed by atoms with Crippen molar-refractivity contribution in [3.05, 3.63) is 35.6 Å². The van der Waals surface area contributed by atoms with Gasteiger partial charge in [-0.15, -0.1) is 0 Å². The van der Waals surface area contributed by atoms with Gasteiger partial charge >= 0.3 is 0 Å². The lowest BCUT2D eigenvalue weighted by molar-refractivity contribution is 0.601. The second-order valence-corrected chi connectivity index (χ2v) is 3.36. The Kier molecular flexibility index (Phi) is 4.60. The minimum atomic E-state index is -0.139. The molecule has 0 aliphatic carbocycles. The van der Waals surface area contributed by atoms with Crippen molar-refractivity contribution in [2.24, 2.45) is 16.5 Å². The average molecular weight is 209 g/mol. The first-order valence-electron chi connectivity index (χ1n) is 4.99. The van der Waals surface area contributed by atoms with E-state index in [4.69, 9.17) is 11.5 Å². The molecule has 1 aromatic carbocycles. The molecule has 0 atom stereocenters. The number of halogens is 1. The quantitative estimate of drug-likeness (QED) is 0.437. The molecule has 0 aliphatic rings. The standard InChI is InChI=1S/C11H16FN3/c12-10-7-2-1-5-9(10)6-3-4-8-15-11(13)14/h1-2,5,7H,3-4,6,8H2,(H4,13,14,15). The highest BCUT2D eigenvalue weighted by atomic mass is 19.1. The van der Waals surface area contributed by atoms with Gasteiger partial charge in [0.25, 0.3) is 0 Å². The Labute approximate surface area is 89.0 Å². The maximum atomic E-state index is 13.2. The van der Waals surface area contributed by atoms with Gasteiger partial charge in [0.1, 0.15) is 5.82 Å². The van der Waals surface area contributed by atoms with Crippen molar-refractivity contribution < 1.29 is 4.39 Å². The van der Waals surface area contributed by atoms with Gasteiger partial charge in [-0.1, -0.05) is 18.2 Å². The number of nitrogens with two attached hydrogens (primary N) is 2. The van der Waals surface area contributed by atoms with Gasteiger partial charge in [-0.05, 0) is 30.9 Å². The number of hydrogen-bond donors (Lipinski definition) is 2. The topological polar surface area (TPSA) is 64.4 Å². The maximum absolute atomic E-state index is 13.2. The molecule has 3 nitrogen and oxygen atoms in total. The summed E-state index contributed by atoms with van der Waals surface area (Å²) < 4.78 is 13.2. The molecule has 4 N–H and O–H groups in total. The summed E-state index contributed by atoms with van der Waals surface area (Å²) in [6.45, 7) is 0.608. The lowest BCUT2D eigenvalue weighted by Gasteiger charge is -2.01. The summed E-state index contributed by atoms with van der Waals surface area (Å²) in [4.78, 5) is 3.86. The number of unbranched alkanes of at least 4 members (excludes halogenated alkanes) is 1. The van der Waals surface area contributed by atoms with E-state index in [9.17, 15) is 4.39 Å². The van der Waals surface area contributed by atoms with E-state index in [0.717, 1.165) is 24.8 Å². The molecule has 0 unspecified atom stereocenters. The van der Waals surface area contributed by atoms with Gasteiger partial charge in [0, 0.05) is 6.54 Å². The summed E-state index contributed by atoms with van der Waals surface area (Å²) in [5.74, 6) is -0.0276. The fraction of sp³-hybridized carbons (Fsp3) is 0.364. The van der Waals surface area contributed by atoms with Gasteiger partial charge in [-0.3, -0.25) is 4.99 Å². The number of hydrogen-bond acceptors (Lipinski definition) is 1. The summed E-state index contributed by atoms with van der Waals surface area (Å²) in [6, 6.07) is 6.81. The van der Waals surface area contributed by atoms with E-state index >= 15 is 0 Å².